The second kappa shape index (κ2) is 5.30. The fourth-order valence-electron chi connectivity index (χ4n) is 2.02. The van der Waals surface area contributed by atoms with Crippen molar-refractivity contribution in [3.05, 3.63) is 11.5 Å². The molecule has 0 spiro atoms. The highest BCUT2D eigenvalue weighted by Gasteiger charge is 2.13. The van der Waals surface area contributed by atoms with Crippen LogP contribution in [-0.4, -0.2) is 38.0 Å². The van der Waals surface area contributed by atoms with Crippen LogP contribution in [0, 0.1) is 13.8 Å². The van der Waals surface area contributed by atoms with Gasteiger partial charge in [0.05, 0.1) is 11.1 Å². The Labute approximate surface area is 106 Å². The molecule has 2 heterocycles. The standard InChI is InChI=1S/C12H19N5O/c1-8-10-11(13-6-4-5-7-18)14-9(2)15-12(10)17(3)16-8/h18H,4-7H2,1-3H3,(H,13,14,15). The quantitative estimate of drug-likeness (QED) is 0.778. The van der Waals surface area contributed by atoms with Crippen LogP contribution in [-0.2, 0) is 7.05 Å². The summed E-state index contributed by atoms with van der Waals surface area (Å²) < 4.78 is 1.78. The van der Waals surface area contributed by atoms with Gasteiger partial charge >= 0.3 is 0 Å². The predicted octanol–water partition coefficient (Wildman–Crippen LogP) is 1.16. The van der Waals surface area contributed by atoms with Crippen LogP contribution in [0.25, 0.3) is 11.0 Å². The molecule has 0 bridgehead atoms. The van der Waals surface area contributed by atoms with Gasteiger partial charge < -0.3 is 10.4 Å². The largest absolute Gasteiger partial charge is 0.396 e. The fourth-order valence-corrected chi connectivity index (χ4v) is 2.02. The number of hydrogen-bond donors (Lipinski definition) is 2. The molecule has 0 amide bonds. The average molecular weight is 249 g/mol. The Morgan fingerprint density at radius 1 is 1.22 bits per heavy atom. The highest BCUT2D eigenvalue weighted by Crippen LogP contribution is 2.23. The molecule has 0 unspecified atom stereocenters. The third-order valence-electron chi connectivity index (χ3n) is 2.85. The molecule has 0 aliphatic carbocycles. The minimum absolute atomic E-state index is 0.228. The predicted molar refractivity (Wildman–Crippen MR) is 70.6 cm³/mol. The molecule has 2 N–H and O–H groups in total. The Kier molecular flexibility index (Phi) is 3.76. The molecule has 0 atom stereocenters. The Morgan fingerprint density at radius 2 is 2.00 bits per heavy atom. The van der Waals surface area contributed by atoms with Crippen molar-refractivity contribution < 1.29 is 5.11 Å². The number of fused-ring (bicyclic) bond motifs is 1. The lowest BCUT2D eigenvalue weighted by atomic mass is 10.2. The van der Waals surface area contributed by atoms with E-state index >= 15 is 0 Å². The molecule has 6 heteroatoms. The molecule has 98 valence electrons. The summed E-state index contributed by atoms with van der Waals surface area (Å²) in [7, 11) is 1.89. The number of aromatic nitrogens is 4. The SMILES string of the molecule is Cc1nc(NCCCCO)c2c(C)nn(C)c2n1. The number of aryl methyl sites for hydroxylation is 3. The van der Waals surface area contributed by atoms with Gasteiger partial charge in [-0.1, -0.05) is 0 Å². The van der Waals surface area contributed by atoms with Gasteiger partial charge in [0, 0.05) is 20.2 Å². The molecular formula is C12H19N5O. The molecule has 0 fully saturated rings. The maximum absolute atomic E-state index is 8.76. The molecule has 0 saturated heterocycles. The first-order valence-electron chi connectivity index (χ1n) is 6.16. The third kappa shape index (κ3) is 2.43. The topological polar surface area (TPSA) is 75.9 Å². The van der Waals surface area contributed by atoms with Crippen molar-refractivity contribution >= 4 is 16.9 Å². The van der Waals surface area contributed by atoms with Crippen molar-refractivity contribution in [2.75, 3.05) is 18.5 Å². The average Bonchev–Trinajstić information content (AvgIpc) is 2.60. The Balaban J connectivity index is 2.31. The number of aliphatic hydroxyl groups is 1. The van der Waals surface area contributed by atoms with Gasteiger partial charge in [-0.25, -0.2) is 9.97 Å². The molecule has 0 aliphatic rings. The van der Waals surface area contributed by atoms with Crippen LogP contribution in [0.4, 0.5) is 5.82 Å². The second-order valence-electron chi connectivity index (χ2n) is 4.38. The van der Waals surface area contributed by atoms with E-state index < -0.39 is 0 Å². The van der Waals surface area contributed by atoms with Crippen molar-refractivity contribution in [1.29, 1.82) is 0 Å². The van der Waals surface area contributed by atoms with E-state index in [-0.39, 0.29) is 6.61 Å². The summed E-state index contributed by atoms with van der Waals surface area (Å²) in [4.78, 5) is 8.85. The minimum atomic E-state index is 0.228. The van der Waals surface area contributed by atoms with Crippen LogP contribution >= 0.6 is 0 Å². The van der Waals surface area contributed by atoms with Crippen molar-refractivity contribution in [3.8, 4) is 0 Å². The summed E-state index contributed by atoms with van der Waals surface area (Å²) in [5.41, 5.74) is 1.78. The van der Waals surface area contributed by atoms with Gasteiger partial charge in [0.1, 0.15) is 11.6 Å². The zero-order valence-electron chi connectivity index (χ0n) is 11.1. The van der Waals surface area contributed by atoms with E-state index in [0.717, 1.165) is 47.8 Å². The summed E-state index contributed by atoms with van der Waals surface area (Å²) in [5, 5.41) is 17.4. The van der Waals surface area contributed by atoms with Gasteiger partial charge in [-0.05, 0) is 26.7 Å². The maximum Gasteiger partial charge on any atom is 0.163 e. The molecule has 2 aromatic heterocycles. The zero-order valence-corrected chi connectivity index (χ0v) is 11.1. The molecule has 18 heavy (non-hydrogen) atoms. The van der Waals surface area contributed by atoms with Crippen LogP contribution in [0.3, 0.4) is 0 Å². The van der Waals surface area contributed by atoms with E-state index in [9.17, 15) is 0 Å². The van der Waals surface area contributed by atoms with Gasteiger partial charge in [-0.15, -0.1) is 0 Å². The number of unbranched alkanes of at least 4 members (excludes halogenated alkanes) is 1. The Hall–Kier alpha value is -1.69. The normalized spacial score (nSPS) is 11.1. The number of rotatable bonds is 5. The summed E-state index contributed by atoms with van der Waals surface area (Å²) in [6, 6.07) is 0. The maximum atomic E-state index is 8.76. The second-order valence-corrected chi connectivity index (χ2v) is 4.38. The molecule has 0 aliphatic heterocycles. The fraction of sp³-hybridized carbons (Fsp3) is 0.583. The monoisotopic (exact) mass is 249 g/mol. The molecule has 0 saturated carbocycles. The van der Waals surface area contributed by atoms with E-state index in [4.69, 9.17) is 5.11 Å². The molecular weight excluding hydrogens is 230 g/mol. The van der Waals surface area contributed by atoms with Crippen LogP contribution in [0.1, 0.15) is 24.4 Å². The summed E-state index contributed by atoms with van der Waals surface area (Å²) in [5.74, 6) is 1.57. The number of nitrogens with one attached hydrogen (secondary N) is 1. The number of anilines is 1. The Bertz CT molecular complexity index is 549. The van der Waals surface area contributed by atoms with Crippen LogP contribution in [0.15, 0.2) is 0 Å². The molecule has 2 aromatic rings. The number of aliphatic hydroxyl groups excluding tert-OH is 1. The van der Waals surface area contributed by atoms with Crippen LogP contribution in [0.5, 0.6) is 0 Å². The summed E-state index contributed by atoms with van der Waals surface area (Å²) >= 11 is 0. The van der Waals surface area contributed by atoms with E-state index in [1.54, 1.807) is 4.68 Å². The Morgan fingerprint density at radius 3 is 2.72 bits per heavy atom. The third-order valence-corrected chi connectivity index (χ3v) is 2.85. The molecule has 0 radical (unpaired) electrons. The first-order valence-corrected chi connectivity index (χ1v) is 6.16. The zero-order chi connectivity index (χ0) is 13.1. The lowest BCUT2D eigenvalue weighted by molar-refractivity contribution is 0.286. The van der Waals surface area contributed by atoms with Gasteiger partial charge in [-0.2, -0.15) is 5.10 Å². The lowest BCUT2D eigenvalue weighted by Gasteiger charge is -2.07. The molecule has 6 nitrogen and oxygen atoms in total. The van der Waals surface area contributed by atoms with Gasteiger partial charge in [0.2, 0.25) is 0 Å². The van der Waals surface area contributed by atoms with E-state index in [0.29, 0.717) is 0 Å². The van der Waals surface area contributed by atoms with Crippen LogP contribution in [0.2, 0.25) is 0 Å². The highest BCUT2D eigenvalue weighted by atomic mass is 16.2. The molecule has 0 aromatic carbocycles. The van der Waals surface area contributed by atoms with Crippen molar-refractivity contribution in [1.82, 2.24) is 19.7 Å². The summed E-state index contributed by atoms with van der Waals surface area (Å²) in [6.45, 7) is 4.85. The molecule has 2 rings (SSSR count). The van der Waals surface area contributed by atoms with E-state index in [1.807, 2.05) is 20.9 Å². The minimum Gasteiger partial charge on any atom is -0.396 e. The van der Waals surface area contributed by atoms with Crippen molar-refractivity contribution in [2.24, 2.45) is 7.05 Å². The smallest absolute Gasteiger partial charge is 0.163 e. The lowest BCUT2D eigenvalue weighted by Crippen LogP contribution is -2.06. The highest BCUT2D eigenvalue weighted by molar-refractivity contribution is 5.89. The first-order chi connectivity index (χ1) is 8.63. The van der Waals surface area contributed by atoms with E-state index in [1.165, 1.54) is 0 Å². The van der Waals surface area contributed by atoms with Crippen molar-refractivity contribution in [3.63, 3.8) is 0 Å². The number of nitrogens with zero attached hydrogens (tertiary/aromatic N) is 4. The first kappa shape index (κ1) is 12.8. The van der Waals surface area contributed by atoms with Gasteiger partial charge in [0.15, 0.2) is 5.65 Å². The van der Waals surface area contributed by atoms with Crippen molar-refractivity contribution in [2.45, 2.75) is 26.7 Å². The number of hydrogen-bond acceptors (Lipinski definition) is 5. The van der Waals surface area contributed by atoms with E-state index in [2.05, 4.69) is 20.4 Å². The van der Waals surface area contributed by atoms with Gasteiger partial charge in [0.25, 0.3) is 0 Å². The van der Waals surface area contributed by atoms with Gasteiger partial charge in [-0.3, -0.25) is 4.68 Å². The van der Waals surface area contributed by atoms with Crippen LogP contribution < -0.4 is 5.32 Å². The summed E-state index contributed by atoms with van der Waals surface area (Å²) in [6.07, 6.45) is 1.71.